The van der Waals surface area contributed by atoms with Crippen LogP contribution in [-0.4, -0.2) is 37.6 Å². The van der Waals surface area contributed by atoms with Crippen molar-refractivity contribution in [1.82, 2.24) is 10.2 Å². The van der Waals surface area contributed by atoms with E-state index in [0.717, 1.165) is 25.0 Å². The predicted molar refractivity (Wildman–Crippen MR) is 69.6 cm³/mol. The maximum atomic E-state index is 3.32. The molecule has 1 aliphatic carbocycles. The summed E-state index contributed by atoms with van der Waals surface area (Å²) in [4.78, 5) is 2.58. The second-order valence-electron chi connectivity index (χ2n) is 5.82. The summed E-state index contributed by atoms with van der Waals surface area (Å²) in [6.45, 7) is 8.13. The standard InChI is InChI=1S/C14H26N2/c1-11-4-6-14(7-5-11)16(3)10-12(2)13-8-15-9-13/h11,14-15H,4-10H2,1-3H3. The van der Waals surface area contributed by atoms with Crippen molar-refractivity contribution >= 4 is 0 Å². The Balaban J connectivity index is 1.81. The van der Waals surface area contributed by atoms with Crippen LogP contribution in [0.5, 0.6) is 0 Å². The van der Waals surface area contributed by atoms with Crippen molar-refractivity contribution in [3.63, 3.8) is 0 Å². The summed E-state index contributed by atoms with van der Waals surface area (Å²) in [7, 11) is 2.30. The Kier molecular flexibility index (Phi) is 4.04. The van der Waals surface area contributed by atoms with E-state index in [-0.39, 0.29) is 0 Å². The molecule has 16 heavy (non-hydrogen) atoms. The Morgan fingerprint density at radius 2 is 1.88 bits per heavy atom. The lowest BCUT2D eigenvalue weighted by molar-refractivity contribution is 0.181. The molecule has 0 spiro atoms. The average Bonchev–Trinajstić information content (AvgIpc) is 2.15. The molecular formula is C14H26N2. The summed E-state index contributed by atoms with van der Waals surface area (Å²) >= 11 is 0. The van der Waals surface area contributed by atoms with Gasteiger partial charge in [0.2, 0.25) is 0 Å². The lowest BCUT2D eigenvalue weighted by Gasteiger charge is -2.34. The van der Waals surface area contributed by atoms with E-state index in [1.807, 2.05) is 0 Å². The van der Waals surface area contributed by atoms with Crippen molar-refractivity contribution < 1.29 is 0 Å². The summed E-state index contributed by atoms with van der Waals surface area (Å²) in [5, 5.41) is 3.32. The summed E-state index contributed by atoms with van der Waals surface area (Å²) < 4.78 is 0. The van der Waals surface area contributed by atoms with Gasteiger partial charge in [0.1, 0.15) is 0 Å². The van der Waals surface area contributed by atoms with Gasteiger partial charge in [0.15, 0.2) is 0 Å². The van der Waals surface area contributed by atoms with E-state index in [1.54, 1.807) is 11.1 Å². The van der Waals surface area contributed by atoms with E-state index in [0.29, 0.717) is 0 Å². The smallest absolute Gasteiger partial charge is 0.0193 e. The molecule has 2 fully saturated rings. The molecule has 1 N–H and O–H groups in total. The molecule has 1 saturated carbocycles. The molecule has 2 rings (SSSR count). The minimum Gasteiger partial charge on any atom is -0.309 e. The van der Waals surface area contributed by atoms with Gasteiger partial charge in [-0.1, -0.05) is 12.5 Å². The third-order valence-electron chi connectivity index (χ3n) is 4.38. The van der Waals surface area contributed by atoms with Gasteiger partial charge in [0, 0.05) is 25.7 Å². The Bertz CT molecular complexity index is 256. The van der Waals surface area contributed by atoms with Gasteiger partial charge in [-0.25, -0.2) is 0 Å². The van der Waals surface area contributed by atoms with E-state index in [4.69, 9.17) is 0 Å². The predicted octanol–water partition coefficient (Wildman–Crippen LogP) is 2.42. The fraction of sp³-hybridized carbons (Fsp3) is 0.857. The number of rotatable bonds is 3. The van der Waals surface area contributed by atoms with E-state index < -0.39 is 0 Å². The van der Waals surface area contributed by atoms with Crippen molar-refractivity contribution in [2.24, 2.45) is 5.92 Å². The molecule has 0 radical (unpaired) electrons. The number of hydrogen-bond acceptors (Lipinski definition) is 2. The topological polar surface area (TPSA) is 15.3 Å². The van der Waals surface area contributed by atoms with Gasteiger partial charge in [0.05, 0.1) is 0 Å². The molecule has 2 nitrogen and oxygen atoms in total. The molecule has 0 amide bonds. The highest BCUT2D eigenvalue weighted by atomic mass is 15.1. The molecule has 2 aliphatic rings. The maximum Gasteiger partial charge on any atom is 0.0193 e. The Morgan fingerprint density at radius 1 is 1.25 bits per heavy atom. The molecule has 1 saturated heterocycles. The summed E-state index contributed by atoms with van der Waals surface area (Å²) in [6.07, 6.45) is 5.65. The van der Waals surface area contributed by atoms with Crippen molar-refractivity contribution in [3.8, 4) is 0 Å². The average molecular weight is 222 g/mol. The van der Waals surface area contributed by atoms with Crippen molar-refractivity contribution in [3.05, 3.63) is 11.1 Å². The fourth-order valence-electron chi connectivity index (χ4n) is 2.85. The molecule has 0 bridgehead atoms. The highest BCUT2D eigenvalue weighted by Gasteiger charge is 2.22. The number of hydrogen-bond donors (Lipinski definition) is 1. The van der Waals surface area contributed by atoms with Gasteiger partial charge in [-0.05, 0) is 51.1 Å². The summed E-state index contributed by atoms with van der Waals surface area (Å²) in [6, 6.07) is 0.833. The molecule has 0 aromatic heterocycles. The van der Waals surface area contributed by atoms with Crippen LogP contribution in [0.15, 0.2) is 11.1 Å². The second-order valence-corrected chi connectivity index (χ2v) is 5.82. The fourth-order valence-corrected chi connectivity index (χ4v) is 2.85. The minimum absolute atomic E-state index is 0.833. The van der Waals surface area contributed by atoms with Crippen molar-refractivity contribution in [2.75, 3.05) is 26.7 Å². The first-order valence-corrected chi connectivity index (χ1v) is 6.75. The van der Waals surface area contributed by atoms with Crippen LogP contribution in [-0.2, 0) is 0 Å². The molecule has 1 aliphatic heterocycles. The van der Waals surface area contributed by atoms with E-state index in [2.05, 4.69) is 31.1 Å². The van der Waals surface area contributed by atoms with Crippen molar-refractivity contribution in [1.29, 1.82) is 0 Å². The van der Waals surface area contributed by atoms with Gasteiger partial charge in [-0.3, -0.25) is 4.90 Å². The third-order valence-corrected chi connectivity index (χ3v) is 4.38. The number of likely N-dealkylation sites (N-methyl/N-ethyl adjacent to an activating group) is 1. The first kappa shape index (κ1) is 12.1. The van der Waals surface area contributed by atoms with Gasteiger partial charge in [-0.2, -0.15) is 0 Å². The highest BCUT2D eigenvalue weighted by Crippen LogP contribution is 2.27. The van der Waals surface area contributed by atoms with Gasteiger partial charge in [-0.15, -0.1) is 0 Å². The largest absolute Gasteiger partial charge is 0.309 e. The quantitative estimate of drug-likeness (QED) is 0.738. The maximum absolute atomic E-state index is 3.32. The van der Waals surface area contributed by atoms with E-state index in [9.17, 15) is 0 Å². The zero-order chi connectivity index (χ0) is 11.5. The summed E-state index contributed by atoms with van der Waals surface area (Å²) in [5.74, 6) is 0.958. The van der Waals surface area contributed by atoms with Crippen LogP contribution < -0.4 is 5.32 Å². The highest BCUT2D eigenvalue weighted by molar-refractivity contribution is 5.22. The lowest BCUT2D eigenvalue weighted by Crippen LogP contribution is -2.39. The first-order chi connectivity index (χ1) is 7.66. The second kappa shape index (κ2) is 5.33. The Morgan fingerprint density at radius 3 is 2.38 bits per heavy atom. The zero-order valence-corrected chi connectivity index (χ0v) is 11.1. The third kappa shape index (κ3) is 2.86. The van der Waals surface area contributed by atoms with Crippen LogP contribution in [0.1, 0.15) is 39.5 Å². The molecule has 92 valence electrons. The van der Waals surface area contributed by atoms with Crippen LogP contribution in [0, 0.1) is 5.92 Å². The Labute approximate surface area is 100 Å². The molecular weight excluding hydrogens is 196 g/mol. The monoisotopic (exact) mass is 222 g/mol. The molecule has 0 aromatic carbocycles. The van der Waals surface area contributed by atoms with Crippen LogP contribution in [0.3, 0.4) is 0 Å². The lowest BCUT2D eigenvalue weighted by atomic mass is 9.86. The molecule has 1 heterocycles. The SMILES string of the molecule is CC(CN(C)C1CCC(C)CC1)=C1CNC1. The van der Waals surface area contributed by atoms with Crippen LogP contribution >= 0.6 is 0 Å². The first-order valence-electron chi connectivity index (χ1n) is 6.75. The van der Waals surface area contributed by atoms with Crippen LogP contribution in [0.2, 0.25) is 0 Å². The normalized spacial score (nSPS) is 30.4. The van der Waals surface area contributed by atoms with E-state index in [1.165, 1.54) is 32.2 Å². The number of nitrogens with one attached hydrogen (secondary N) is 1. The molecule has 0 unspecified atom stereocenters. The van der Waals surface area contributed by atoms with Gasteiger partial charge >= 0.3 is 0 Å². The van der Waals surface area contributed by atoms with Gasteiger partial charge < -0.3 is 5.32 Å². The zero-order valence-electron chi connectivity index (χ0n) is 11.1. The van der Waals surface area contributed by atoms with Crippen LogP contribution in [0.25, 0.3) is 0 Å². The van der Waals surface area contributed by atoms with Gasteiger partial charge in [0.25, 0.3) is 0 Å². The molecule has 2 heteroatoms. The molecule has 0 atom stereocenters. The number of nitrogens with zero attached hydrogens (tertiary/aromatic N) is 1. The van der Waals surface area contributed by atoms with E-state index >= 15 is 0 Å². The van der Waals surface area contributed by atoms with Crippen molar-refractivity contribution in [2.45, 2.75) is 45.6 Å². The summed E-state index contributed by atoms with van der Waals surface area (Å²) in [5.41, 5.74) is 3.23. The van der Waals surface area contributed by atoms with Crippen LogP contribution in [0.4, 0.5) is 0 Å². The molecule has 0 aromatic rings. The Hall–Kier alpha value is -0.340. The minimum atomic E-state index is 0.833.